The van der Waals surface area contributed by atoms with E-state index in [1.54, 1.807) is 49.4 Å². The highest BCUT2D eigenvalue weighted by atomic mass is 16.5. The molecule has 0 radical (unpaired) electrons. The molecule has 1 atom stereocenters. The molecule has 3 aromatic rings. The SMILES string of the molecule is CCOc1cccc(CNc2c(C(=O)Nc3ccc(C(=N)N)cc3)cc(OC)c(OC)c2C(C)O)c1OCC(=O)O. The highest BCUT2D eigenvalue weighted by Crippen LogP contribution is 2.43. The average Bonchev–Trinajstić information content (AvgIpc) is 2.94. The van der Waals surface area contributed by atoms with Gasteiger partial charge in [0.25, 0.3) is 5.91 Å². The number of aliphatic hydroxyl groups excluding tert-OH is 1. The van der Waals surface area contributed by atoms with E-state index >= 15 is 0 Å². The highest BCUT2D eigenvalue weighted by molar-refractivity contribution is 6.09. The molecule has 12 heteroatoms. The minimum Gasteiger partial charge on any atom is -0.493 e. The van der Waals surface area contributed by atoms with Crippen LogP contribution in [0.3, 0.4) is 0 Å². The summed E-state index contributed by atoms with van der Waals surface area (Å²) in [5.74, 6) is -0.704. The third-order valence-corrected chi connectivity index (χ3v) is 5.98. The van der Waals surface area contributed by atoms with Gasteiger partial charge in [0, 0.05) is 23.4 Å². The summed E-state index contributed by atoms with van der Waals surface area (Å²) in [7, 11) is 2.84. The number of methoxy groups -OCH3 is 2. The lowest BCUT2D eigenvalue weighted by Crippen LogP contribution is -2.19. The van der Waals surface area contributed by atoms with Crippen molar-refractivity contribution >= 4 is 29.1 Å². The first-order valence-electron chi connectivity index (χ1n) is 12.7. The van der Waals surface area contributed by atoms with Crippen LogP contribution in [0.5, 0.6) is 23.0 Å². The highest BCUT2D eigenvalue weighted by Gasteiger charge is 2.26. The Kier molecular flexibility index (Phi) is 10.4. The maximum atomic E-state index is 13.6. The lowest BCUT2D eigenvalue weighted by atomic mass is 9.99. The zero-order valence-electron chi connectivity index (χ0n) is 23.2. The molecule has 0 fully saturated rings. The van der Waals surface area contributed by atoms with Crippen molar-refractivity contribution in [3.63, 3.8) is 0 Å². The van der Waals surface area contributed by atoms with E-state index in [4.69, 9.17) is 35.2 Å². The quantitative estimate of drug-likeness (QED) is 0.124. The van der Waals surface area contributed by atoms with Gasteiger partial charge in [-0.1, -0.05) is 12.1 Å². The molecule has 7 N–H and O–H groups in total. The first-order valence-corrected chi connectivity index (χ1v) is 12.7. The molecule has 0 saturated carbocycles. The smallest absolute Gasteiger partial charge is 0.341 e. The number of aliphatic hydroxyl groups is 1. The number of anilines is 2. The van der Waals surface area contributed by atoms with Crippen molar-refractivity contribution in [2.45, 2.75) is 26.5 Å². The molecule has 0 aliphatic heterocycles. The number of hydrogen-bond acceptors (Lipinski definition) is 9. The first-order chi connectivity index (χ1) is 19.6. The van der Waals surface area contributed by atoms with Crippen LogP contribution in [0.2, 0.25) is 0 Å². The van der Waals surface area contributed by atoms with Crippen molar-refractivity contribution in [1.29, 1.82) is 5.41 Å². The summed E-state index contributed by atoms with van der Waals surface area (Å²) in [6, 6.07) is 13.1. The van der Waals surface area contributed by atoms with Gasteiger partial charge in [-0.3, -0.25) is 10.2 Å². The first kappa shape index (κ1) is 30.6. The maximum absolute atomic E-state index is 13.6. The number of ether oxygens (including phenoxy) is 4. The van der Waals surface area contributed by atoms with Gasteiger partial charge in [-0.05, 0) is 50.2 Å². The van der Waals surface area contributed by atoms with Crippen LogP contribution >= 0.6 is 0 Å². The molecule has 0 heterocycles. The monoisotopic (exact) mass is 566 g/mol. The minimum atomic E-state index is -1.15. The average molecular weight is 567 g/mol. The topological polar surface area (TPSA) is 185 Å². The van der Waals surface area contributed by atoms with E-state index in [9.17, 15) is 14.7 Å². The van der Waals surface area contributed by atoms with Crippen LogP contribution in [0.1, 0.15) is 47.0 Å². The molecule has 0 bridgehead atoms. The number of nitrogens with two attached hydrogens (primary N) is 1. The Morgan fingerprint density at radius 1 is 1.02 bits per heavy atom. The molecule has 3 aromatic carbocycles. The molecule has 0 aliphatic rings. The number of aliphatic carboxylic acids is 1. The van der Waals surface area contributed by atoms with Crippen molar-refractivity contribution < 1.29 is 38.7 Å². The zero-order valence-corrected chi connectivity index (χ0v) is 23.2. The predicted octanol–water partition coefficient (Wildman–Crippen LogP) is 3.77. The second kappa shape index (κ2) is 13.9. The van der Waals surface area contributed by atoms with E-state index in [2.05, 4.69) is 10.6 Å². The van der Waals surface area contributed by atoms with Crippen LogP contribution in [-0.2, 0) is 11.3 Å². The van der Waals surface area contributed by atoms with Crippen molar-refractivity contribution in [3.8, 4) is 23.0 Å². The third-order valence-electron chi connectivity index (χ3n) is 5.98. The molecule has 0 spiro atoms. The molecule has 3 rings (SSSR count). The fraction of sp³-hybridized carbons (Fsp3) is 0.276. The summed E-state index contributed by atoms with van der Waals surface area (Å²) in [4.78, 5) is 24.8. The van der Waals surface area contributed by atoms with E-state index < -0.39 is 24.6 Å². The standard InChI is InChI=1S/C29H34N4O8/c1-5-40-21-8-6-7-18(26(21)41-15-23(35)36)14-32-25-20(13-22(38-3)27(39-4)24(25)16(2)34)29(37)33-19-11-9-17(10-12-19)28(30)31/h6-13,16,32,34H,5,14-15H2,1-4H3,(H3,30,31)(H,33,37)(H,35,36). The van der Waals surface area contributed by atoms with Crippen molar-refractivity contribution in [3.05, 3.63) is 70.8 Å². The Balaban J connectivity index is 2.08. The van der Waals surface area contributed by atoms with Crippen LogP contribution in [-0.4, -0.2) is 55.4 Å². The van der Waals surface area contributed by atoms with Crippen LogP contribution in [0.15, 0.2) is 48.5 Å². The summed E-state index contributed by atoms with van der Waals surface area (Å²) < 4.78 is 22.2. The van der Waals surface area contributed by atoms with E-state index in [0.717, 1.165) is 0 Å². The summed E-state index contributed by atoms with van der Waals surface area (Å²) in [6.07, 6.45) is -1.08. The van der Waals surface area contributed by atoms with E-state index in [-0.39, 0.29) is 46.4 Å². The van der Waals surface area contributed by atoms with Crippen molar-refractivity contribution in [2.24, 2.45) is 5.73 Å². The van der Waals surface area contributed by atoms with Crippen LogP contribution < -0.4 is 35.3 Å². The number of hydrogen-bond donors (Lipinski definition) is 6. The molecule has 0 saturated heterocycles. The Bertz CT molecular complexity index is 1410. The number of carboxylic acid groups (broad SMARTS) is 1. The zero-order chi connectivity index (χ0) is 30.1. The molecule has 0 aliphatic carbocycles. The predicted molar refractivity (Wildman–Crippen MR) is 154 cm³/mol. The number of rotatable bonds is 14. The largest absolute Gasteiger partial charge is 0.493 e. The van der Waals surface area contributed by atoms with Gasteiger partial charge in [0.2, 0.25) is 0 Å². The summed E-state index contributed by atoms with van der Waals surface area (Å²) in [5, 5.41) is 33.5. The second-order valence-electron chi connectivity index (χ2n) is 8.78. The fourth-order valence-corrected chi connectivity index (χ4v) is 4.17. The number of benzene rings is 3. The normalized spacial score (nSPS) is 11.2. The van der Waals surface area contributed by atoms with Gasteiger partial charge in [-0.25, -0.2) is 4.79 Å². The van der Waals surface area contributed by atoms with Crippen LogP contribution in [0, 0.1) is 5.41 Å². The van der Waals surface area contributed by atoms with Gasteiger partial charge in [-0.15, -0.1) is 0 Å². The summed E-state index contributed by atoms with van der Waals surface area (Å²) in [6.45, 7) is 3.14. The van der Waals surface area contributed by atoms with Gasteiger partial charge in [0.1, 0.15) is 5.84 Å². The van der Waals surface area contributed by atoms with Crippen LogP contribution in [0.25, 0.3) is 0 Å². The molecule has 12 nitrogen and oxygen atoms in total. The Morgan fingerprint density at radius 2 is 1.73 bits per heavy atom. The fourth-order valence-electron chi connectivity index (χ4n) is 4.17. The van der Waals surface area contributed by atoms with Gasteiger partial charge in [0.05, 0.1) is 43.7 Å². The number of amides is 1. The van der Waals surface area contributed by atoms with E-state index in [0.29, 0.717) is 29.2 Å². The van der Waals surface area contributed by atoms with Gasteiger partial charge in [0.15, 0.2) is 29.6 Å². The van der Waals surface area contributed by atoms with Crippen LogP contribution in [0.4, 0.5) is 11.4 Å². The molecule has 218 valence electrons. The minimum absolute atomic E-state index is 0.0681. The van der Waals surface area contributed by atoms with Gasteiger partial charge < -0.3 is 45.5 Å². The van der Waals surface area contributed by atoms with Gasteiger partial charge >= 0.3 is 5.97 Å². The summed E-state index contributed by atoms with van der Waals surface area (Å²) >= 11 is 0. The second-order valence-corrected chi connectivity index (χ2v) is 8.78. The third kappa shape index (κ3) is 7.37. The Morgan fingerprint density at radius 3 is 2.29 bits per heavy atom. The van der Waals surface area contributed by atoms with Crippen molar-refractivity contribution in [2.75, 3.05) is 38.1 Å². The molecule has 41 heavy (non-hydrogen) atoms. The summed E-state index contributed by atoms with van der Waals surface area (Å²) in [5.41, 5.74) is 7.71. The number of carbonyl (C=O) groups excluding carboxylic acids is 1. The van der Waals surface area contributed by atoms with Gasteiger partial charge in [-0.2, -0.15) is 0 Å². The lowest BCUT2D eigenvalue weighted by molar-refractivity contribution is -0.139. The Hall–Kier alpha value is -4.97. The maximum Gasteiger partial charge on any atom is 0.341 e. The van der Waals surface area contributed by atoms with E-state index in [1.165, 1.54) is 27.2 Å². The molecule has 1 amide bonds. The number of nitrogen functional groups attached to an aromatic ring is 1. The number of carboxylic acids is 1. The number of carbonyl (C=O) groups is 2. The molecular formula is C29H34N4O8. The molecule has 1 unspecified atom stereocenters. The lowest BCUT2D eigenvalue weighted by Gasteiger charge is -2.23. The number of amidine groups is 1. The van der Waals surface area contributed by atoms with Crippen molar-refractivity contribution in [1.82, 2.24) is 0 Å². The number of nitrogens with one attached hydrogen (secondary N) is 3. The Labute approximate surface area is 237 Å². The number of para-hydroxylation sites is 1. The van der Waals surface area contributed by atoms with E-state index in [1.807, 2.05) is 0 Å². The molecular weight excluding hydrogens is 532 g/mol. The molecule has 0 aromatic heterocycles.